The molecule has 31 heavy (non-hydrogen) atoms. The van der Waals surface area contributed by atoms with Gasteiger partial charge in [-0.25, -0.2) is 4.68 Å². The largest absolute Gasteiger partial charge is 0.454 e. The van der Waals surface area contributed by atoms with Gasteiger partial charge in [-0.15, -0.1) is 5.10 Å². The lowest BCUT2D eigenvalue weighted by molar-refractivity contribution is -0.143. The number of halogens is 1. The van der Waals surface area contributed by atoms with Crippen LogP contribution in [0.5, 0.6) is 0 Å². The minimum absolute atomic E-state index is 0.0362. The summed E-state index contributed by atoms with van der Waals surface area (Å²) in [6.45, 7) is 5.39. The van der Waals surface area contributed by atoms with Crippen LogP contribution in [0.15, 0.2) is 35.5 Å². The molecule has 3 aromatic rings. The summed E-state index contributed by atoms with van der Waals surface area (Å²) in [6.07, 6.45) is 1.19. The van der Waals surface area contributed by atoms with E-state index in [1.54, 1.807) is 23.7 Å². The third kappa shape index (κ3) is 4.67. The van der Waals surface area contributed by atoms with Crippen LogP contribution in [-0.4, -0.2) is 48.4 Å². The highest BCUT2D eigenvalue weighted by molar-refractivity contribution is 7.99. The first kappa shape index (κ1) is 21.6. The molecule has 0 N–H and O–H groups in total. The summed E-state index contributed by atoms with van der Waals surface area (Å²) in [5, 5.41) is 12.8. The van der Waals surface area contributed by atoms with E-state index in [9.17, 15) is 9.59 Å². The molecule has 0 aliphatic heterocycles. The monoisotopic (exact) mass is 459 g/mol. The fourth-order valence-electron chi connectivity index (χ4n) is 3.46. The summed E-state index contributed by atoms with van der Waals surface area (Å²) >= 11 is 7.20. The Balaban J connectivity index is 1.40. The van der Waals surface area contributed by atoms with Crippen LogP contribution >= 0.6 is 23.4 Å². The molecule has 4 rings (SSSR count). The fourth-order valence-corrected chi connectivity index (χ4v) is 4.31. The lowest BCUT2D eigenvalue weighted by Crippen LogP contribution is -2.25. The van der Waals surface area contributed by atoms with Crippen LogP contribution in [0.3, 0.4) is 0 Å². The SMILES string of the molecule is Cc1cc(C(=O)C(C)OC(=O)CSc2nnnn2C2CC2)c(C)n1-c1ccc(Cl)cc1. The second-order valence-corrected chi connectivity index (χ2v) is 8.90. The Morgan fingerprint density at radius 1 is 1.26 bits per heavy atom. The van der Waals surface area contributed by atoms with E-state index in [0.717, 1.165) is 29.9 Å². The number of Topliss-reactive ketones (excluding diaryl/α,β-unsaturated/α-hetero) is 1. The van der Waals surface area contributed by atoms with Crippen LogP contribution in [0.4, 0.5) is 0 Å². The predicted octanol–water partition coefficient (Wildman–Crippen LogP) is 3.98. The zero-order chi connectivity index (χ0) is 22.1. The van der Waals surface area contributed by atoms with Crippen molar-refractivity contribution in [2.24, 2.45) is 0 Å². The van der Waals surface area contributed by atoms with Gasteiger partial charge in [0, 0.05) is 27.7 Å². The van der Waals surface area contributed by atoms with Gasteiger partial charge in [0.1, 0.15) is 0 Å². The van der Waals surface area contributed by atoms with Crippen LogP contribution in [0.2, 0.25) is 5.02 Å². The van der Waals surface area contributed by atoms with Crippen molar-refractivity contribution in [3.05, 3.63) is 52.3 Å². The molecule has 1 atom stereocenters. The van der Waals surface area contributed by atoms with Gasteiger partial charge in [0.2, 0.25) is 10.9 Å². The Morgan fingerprint density at radius 3 is 2.65 bits per heavy atom. The number of hydrogen-bond acceptors (Lipinski definition) is 7. The summed E-state index contributed by atoms with van der Waals surface area (Å²) in [7, 11) is 0. The van der Waals surface area contributed by atoms with Crippen LogP contribution in [0.25, 0.3) is 5.69 Å². The highest BCUT2D eigenvalue weighted by atomic mass is 35.5. The quantitative estimate of drug-likeness (QED) is 0.286. The minimum atomic E-state index is -0.897. The maximum absolute atomic E-state index is 13.0. The fraction of sp³-hybridized carbons (Fsp3) is 0.381. The van der Waals surface area contributed by atoms with E-state index < -0.39 is 12.1 Å². The van der Waals surface area contributed by atoms with E-state index in [-0.39, 0.29) is 11.5 Å². The number of ketones is 1. The Bertz CT molecular complexity index is 1120. The van der Waals surface area contributed by atoms with Gasteiger partial charge in [0.05, 0.1) is 11.8 Å². The van der Waals surface area contributed by atoms with Crippen LogP contribution in [0, 0.1) is 13.8 Å². The number of aromatic nitrogens is 5. The Kier molecular flexibility index (Phi) is 6.15. The van der Waals surface area contributed by atoms with E-state index in [4.69, 9.17) is 16.3 Å². The molecule has 1 fully saturated rings. The molecule has 162 valence electrons. The summed E-state index contributed by atoms with van der Waals surface area (Å²) in [4.78, 5) is 25.3. The minimum Gasteiger partial charge on any atom is -0.454 e. The van der Waals surface area contributed by atoms with Gasteiger partial charge in [0.15, 0.2) is 6.10 Å². The molecular formula is C21H22ClN5O3S. The molecule has 10 heteroatoms. The number of esters is 1. The number of tetrazole rings is 1. The smallest absolute Gasteiger partial charge is 0.317 e. The van der Waals surface area contributed by atoms with Crippen molar-refractivity contribution in [1.29, 1.82) is 0 Å². The normalized spacial score (nSPS) is 14.5. The molecule has 8 nitrogen and oxygen atoms in total. The maximum Gasteiger partial charge on any atom is 0.317 e. The Hall–Kier alpha value is -2.65. The second kappa shape index (κ2) is 8.84. The first-order valence-electron chi connectivity index (χ1n) is 9.94. The van der Waals surface area contributed by atoms with E-state index in [0.29, 0.717) is 21.8 Å². The first-order valence-corrected chi connectivity index (χ1v) is 11.3. The highest BCUT2D eigenvalue weighted by Crippen LogP contribution is 2.36. The van der Waals surface area contributed by atoms with Gasteiger partial charge in [-0.05, 0) is 74.4 Å². The third-order valence-electron chi connectivity index (χ3n) is 5.13. The summed E-state index contributed by atoms with van der Waals surface area (Å²) in [5.74, 6) is -0.689. The Labute approximate surface area is 188 Å². The van der Waals surface area contributed by atoms with Crippen molar-refractivity contribution in [2.45, 2.75) is 50.9 Å². The van der Waals surface area contributed by atoms with Crippen molar-refractivity contribution in [2.75, 3.05) is 5.75 Å². The lowest BCUT2D eigenvalue weighted by Gasteiger charge is -2.13. The lowest BCUT2D eigenvalue weighted by atomic mass is 10.1. The van der Waals surface area contributed by atoms with E-state index >= 15 is 0 Å². The highest BCUT2D eigenvalue weighted by Gasteiger charge is 2.29. The summed E-state index contributed by atoms with van der Waals surface area (Å²) < 4.78 is 9.10. The molecule has 0 radical (unpaired) electrons. The molecule has 1 unspecified atom stereocenters. The van der Waals surface area contributed by atoms with Crippen molar-refractivity contribution in [3.63, 3.8) is 0 Å². The molecule has 0 saturated heterocycles. The van der Waals surface area contributed by atoms with Crippen LogP contribution < -0.4 is 0 Å². The number of ether oxygens (including phenoxy) is 1. The second-order valence-electron chi connectivity index (χ2n) is 7.52. The van der Waals surface area contributed by atoms with Gasteiger partial charge in [-0.1, -0.05) is 23.4 Å². The van der Waals surface area contributed by atoms with Crippen LogP contribution in [0.1, 0.15) is 47.6 Å². The number of rotatable bonds is 8. The summed E-state index contributed by atoms with van der Waals surface area (Å²) in [5.41, 5.74) is 3.13. The van der Waals surface area contributed by atoms with Crippen molar-refractivity contribution in [1.82, 2.24) is 24.8 Å². The molecule has 2 heterocycles. The number of hydrogen-bond donors (Lipinski definition) is 0. The van der Waals surface area contributed by atoms with Crippen molar-refractivity contribution >= 4 is 35.1 Å². The zero-order valence-electron chi connectivity index (χ0n) is 17.4. The molecule has 1 aromatic carbocycles. The number of benzene rings is 1. The molecule has 0 spiro atoms. The first-order chi connectivity index (χ1) is 14.8. The molecule has 0 amide bonds. The number of nitrogens with zero attached hydrogens (tertiary/aromatic N) is 5. The molecule has 1 saturated carbocycles. The molecule has 0 bridgehead atoms. The van der Waals surface area contributed by atoms with Gasteiger partial charge >= 0.3 is 5.97 Å². The molecule has 2 aromatic heterocycles. The van der Waals surface area contributed by atoms with E-state index in [1.807, 2.05) is 36.6 Å². The summed E-state index contributed by atoms with van der Waals surface area (Å²) in [6, 6.07) is 9.54. The van der Waals surface area contributed by atoms with Crippen molar-refractivity contribution < 1.29 is 14.3 Å². The van der Waals surface area contributed by atoms with E-state index in [1.165, 1.54) is 11.8 Å². The van der Waals surface area contributed by atoms with Crippen LogP contribution in [-0.2, 0) is 9.53 Å². The standard InChI is InChI=1S/C21H22ClN5O3S/c1-12-10-18(13(2)26(12)16-6-4-15(22)5-7-16)20(29)14(3)30-19(28)11-31-21-23-24-25-27(21)17-8-9-17/h4-7,10,14,17H,8-9,11H2,1-3H3. The topological polar surface area (TPSA) is 91.9 Å². The average Bonchev–Trinajstić information content (AvgIpc) is 3.40. The maximum atomic E-state index is 13.0. The number of carbonyl (C=O) groups is 2. The van der Waals surface area contributed by atoms with E-state index in [2.05, 4.69) is 15.5 Å². The number of thioether (sulfide) groups is 1. The van der Waals surface area contributed by atoms with Crippen molar-refractivity contribution in [3.8, 4) is 5.69 Å². The third-order valence-corrected chi connectivity index (χ3v) is 6.29. The average molecular weight is 460 g/mol. The Morgan fingerprint density at radius 2 is 1.97 bits per heavy atom. The van der Waals surface area contributed by atoms with Gasteiger partial charge in [0.25, 0.3) is 0 Å². The van der Waals surface area contributed by atoms with Gasteiger partial charge < -0.3 is 9.30 Å². The van der Waals surface area contributed by atoms with Gasteiger partial charge in [-0.3, -0.25) is 9.59 Å². The molecule has 1 aliphatic carbocycles. The molecule has 1 aliphatic rings. The number of aryl methyl sites for hydroxylation is 1. The predicted molar refractivity (Wildman–Crippen MR) is 117 cm³/mol. The number of carbonyl (C=O) groups excluding carboxylic acids is 2. The zero-order valence-corrected chi connectivity index (χ0v) is 19.0. The van der Waals surface area contributed by atoms with Gasteiger partial charge in [-0.2, -0.15) is 0 Å². The molecular weight excluding hydrogens is 438 g/mol.